The maximum Gasteiger partial charge on any atom is 0.258 e. The Balaban J connectivity index is 1.78. The normalized spacial score (nSPS) is 20.3. The molecule has 2 aliphatic rings. The number of carbonyl (C=O) groups is 1. The molecule has 1 heterocycles. The van der Waals surface area contributed by atoms with Crippen LogP contribution in [0, 0.1) is 0 Å². The highest BCUT2D eigenvalue weighted by atomic mass is 16.5. The minimum Gasteiger partial charge on any atom is -0.497 e. The summed E-state index contributed by atoms with van der Waals surface area (Å²) in [7, 11) is 1.66. The zero-order chi connectivity index (χ0) is 15.1. The van der Waals surface area contributed by atoms with Crippen LogP contribution in [-0.4, -0.2) is 24.0 Å². The lowest BCUT2D eigenvalue weighted by molar-refractivity contribution is 0.0666. The molecule has 1 amide bonds. The molecule has 0 spiro atoms. The maximum atomic E-state index is 12.9. The highest BCUT2D eigenvalue weighted by Crippen LogP contribution is 2.41. The Morgan fingerprint density at radius 3 is 2.73 bits per heavy atom. The van der Waals surface area contributed by atoms with Gasteiger partial charge >= 0.3 is 0 Å². The summed E-state index contributed by atoms with van der Waals surface area (Å²) in [6, 6.07) is 16.0. The minimum atomic E-state index is -0.134. The molecule has 1 atom stereocenters. The largest absolute Gasteiger partial charge is 0.497 e. The number of anilines is 1. The van der Waals surface area contributed by atoms with E-state index in [-0.39, 0.29) is 12.1 Å². The number of rotatable bonds is 3. The first kappa shape index (κ1) is 13.2. The zero-order valence-corrected chi connectivity index (χ0v) is 12.5. The SMILES string of the molecule is COc1cccc(C2Nc3ccccc3C(=O)N2C2CC2)c1. The van der Waals surface area contributed by atoms with Gasteiger partial charge in [0.05, 0.1) is 12.7 Å². The van der Waals surface area contributed by atoms with Crippen LogP contribution in [0.1, 0.15) is 34.9 Å². The summed E-state index contributed by atoms with van der Waals surface area (Å²) >= 11 is 0. The number of nitrogens with one attached hydrogen (secondary N) is 1. The summed E-state index contributed by atoms with van der Waals surface area (Å²) in [5.41, 5.74) is 2.71. The van der Waals surface area contributed by atoms with Crippen LogP contribution < -0.4 is 10.1 Å². The number of para-hydroxylation sites is 1. The first-order valence-corrected chi connectivity index (χ1v) is 7.60. The van der Waals surface area contributed by atoms with E-state index < -0.39 is 0 Å². The lowest BCUT2D eigenvalue weighted by atomic mass is 10.0. The Morgan fingerprint density at radius 1 is 1.14 bits per heavy atom. The van der Waals surface area contributed by atoms with E-state index in [4.69, 9.17) is 4.74 Å². The number of fused-ring (bicyclic) bond motifs is 1. The van der Waals surface area contributed by atoms with Crippen molar-refractivity contribution in [2.45, 2.75) is 25.0 Å². The van der Waals surface area contributed by atoms with Gasteiger partial charge in [0.1, 0.15) is 11.9 Å². The second kappa shape index (κ2) is 5.05. The van der Waals surface area contributed by atoms with Gasteiger partial charge in [0, 0.05) is 11.7 Å². The molecule has 2 aromatic carbocycles. The van der Waals surface area contributed by atoms with Gasteiger partial charge in [-0.15, -0.1) is 0 Å². The zero-order valence-electron chi connectivity index (χ0n) is 12.5. The molecule has 1 aliphatic heterocycles. The molecule has 0 radical (unpaired) electrons. The van der Waals surface area contributed by atoms with Crippen molar-refractivity contribution < 1.29 is 9.53 Å². The Morgan fingerprint density at radius 2 is 1.95 bits per heavy atom. The molecular formula is C18H18N2O2. The summed E-state index contributed by atoms with van der Waals surface area (Å²) in [5.74, 6) is 0.922. The van der Waals surface area contributed by atoms with E-state index in [2.05, 4.69) is 5.32 Å². The third kappa shape index (κ3) is 2.11. The van der Waals surface area contributed by atoms with Crippen molar-refractivity contribution in [2.75, 3.05) is 12.4 Å². The molecule has 4 nitrogen and oxygen atoms in total. The number of ether oxygens (including phenoxy) is 1. The lowest BCUT2D eigenvalue weighted by Crippen LogP contribution is -2.44. The first-order chi connectivity index (χ1) is 10.8. The van der Waals surface area contributed by atoms with Gasteiger partial charge in [0.25, 0.3) is 5.91 Å². The van der Waals surface area contributed by atoms with Gasteiger partial charge in [0.2, 0.25) is 0 Å². The van der Waals surface area contributed by atoms with E-state index in [1.165, 1.54) is 0 Å². The van der Waals surface area contributed by atoms with Gasteiger partial charge in [-0.1, -0.05) is 24.3 Å². The molecule has 1 N–H and O–H groups in total. The first-order valence-electron chi connectivity index (χ1n) is 7.60. The topological polar surface area (TPSA) is 41.6 Å². The molecule has 112 valence electrons. The molecule has 1 aliphatic carbocycles. The van der Waals surface area contributed by atoms with Crippen molar-refractivity contribution in [1.82, 2.24) is 4.90 Å². The predicted octanol–water partition coefficient (Wildman–Crippen LogP) is 3.42. The summed E-state index contributed by atoms with van der Waals surface area (Å²) in [6.45, 7) is 0. The fourth-order valence-corrected chi connectivity index (χ4v) is 3.05. The fraction of sp³-hybridized carbons (Fsp3) is 0.278. The van der Waals surface area contributed by atoms with Gasteiger partial charge < -0.3 is 15.0 Å². The molecule has 1 saturated carbocycles. The number of methoxy groups -OCH3 is 1. The number of benzene rings is 2. The van der Waals surface area contributed by atoms with Crippen molar-refractivity contribution in [1.29, 1.82) is 0 Å². The van der Waals surface area contributed by atoms with Crippen LogP contribution >= 0.6 is 0 Å². The van der Waals surface area contributed by atoms with E-state index in [9.17, 15) is 4.79 Å². The highest BCUT2D eigenvalue weighted by Gasteiger charge is 2.41. The average Bonchev–Trinajstić information content (AvgIpc) is 3.39. The summed E-state index contributed by atoms with van der Waals surface area (Å²) in [5, 5.41) is 3.52. The number of amides is 1. The smallest absolute Gasteiger partial charge is 0.258 e. The van der Waals surface area contributed by atoms with E-state index in [1.54, 1.807) is 7.11 Å². The van der Waals surface area contributed by atoms with Crippen molar-refractivity contribution >= 4 is 11.6 Å². The second-order valence-electron chi connectivity index (χ2n) is 5.81. The number of carbonyl (C=O) groups excluding carboxylic acids is 1. The van der Waals surface area contributed by atoms with Crippen molar-refractivity contribution in [3.05, 3.63) is 59.7 Å². The minimum absolute atomic E-state index is 0.115. The molecule has 0 bridgehead atoms. The van der Waals surface area contributed by atoms with E-state index in [1.807, 2.05) is 53.4 Å². The average molecular weight is 294 g/mol. The standard InChI is InChI=1S/C18H18N2O2/c1-22-14-6-4-5-12(11-14)17-19-16-8-3-2-7-15(16)18(21)20(17)13-9-10-13/h2-8,11,13,17,19H,9-10H2,1H3. The van der Waals surface area contributed by atoms with Gasteiger partial charge in [-0.2, -0.15) is 0 Å². The molecule has 4 heteroatoms. The van der Waals surface area contributed by atoms with Crippen LogP contribution in [0.25, 0.3) is 0 Å². The van der Waals surface area contributed by atoms with Gasteiger partial charge in [0.15, 0.2) is 0 Å². The van der Waals surface area contributed by atoms with Crippen LogP contribution in [0.5, 0.6) is 5.75 Å². The third-order valence-electron chi connectivity index (χ3n) is 4.31. The van der Waals surface area contributed by atoms with Gasteiger partial charge in [-0.25, -0.2) is 0 Å². The number of hydrogen-bond donors (Lipinski definition) is 1. The Kier molecular flexibility index (Phi) is 3.03. The number of hydrogen-bond acceptors (Lipinski definition) is 3. The van der Waals surface area contributed by atoms with Crippen molar-refractivity contribution in [2.24, 2.45) is 0 Å². The molecule has 22 heavy (non-hydrogen) atoms. The molecule has 1 unspecified atom stereocenters. The van der Waals surface area contributed by atoms with Crippen LogP contribution in [0.15, 0.2) is 48.5 Å². The Labute approximate surface area is 129 Å². The van der Waals surface area contributed by atoms with Crippen molar-refractivity contribution in [3.8, 4) is 5.75 Å². The van der Waals surface area contributed by atoms with Crippen LogP contribution in [0.4, 0.5) is 5.69 Å². The Hall–Kier alpha value is -2.49. The maximum absolute atomic E-state index is 12.9. The van der Waals surface area contributed by atoms with E-state index >= 15 is 0 Å². The fourth-order valence-electron chi connectivity index (χ4n) is 3.05. The molecule has 1 fully saturated rings. The number of nitrogens with zero attached hydrogens (tertiary/aromatic N) is 1. The van der Waals surface area contributed by atoms with E-state index in [0.717, 1.165) is 35.4 Å². The highest BCUT2D eigenvalue weighted by molar-refractivity contribution is 6.02. The molecule has 4 rings (SSSR count). The summed E-state index contributed by atoms with van der Waals surface area (Å²) in [4.78, 5) is 14.9. The van der Waals surface area contributed by atoms with Gasteiger partial charge in [-0.05, 0) is 42.7 Å². The van der Waals surface area contributed by atoms with Crippen LogP contribution in [0.2, 0.25) is 0 Å². The van der Waals surface area contributed by atoms with E-state index in [0.29, 0.717) is 6.04 Å². The third-order valence-corrected chi connectivity index (χ3v) is 4.31. The second-order valence-corrected chi connectivity index (χ2v) is 5.81. The summed E-state index contributed by atoms with van der Waals surface area (Å²) in [6.07, 6.45) is 2.02. The summed E-state index contributed by atoms with van der Waals surface area (Å²) < 4.78 is 5.32. The monoisotopic (exact) mass is 294 g/mol. The molecule has 0 saturated heterocycles. The molecular weight excluding hydrogens is 276 g/mol. The Bertz CT molecular complexity index is 725. The predicted molar refractivity (Wildman–Crippen MR) is 85.0 cm³/mol. The van der Waals surface area contributed by atoms with Crippen molar-refractivity contribution in [3.63, 3.8) is 0 Å². The van der Waals surface area contributed by atoms with Gasteiger partial charge in [-0.3, -0.25) is 4.79 Å². The molecule has 0 aromatic heterocycles. The molecule has 2 aromatic rings. The van der Waals surface area contributed by atoms with Crippen LogP contribution in [0.3, 0.4) is 0 Å². The lowest BCUT2D eigenvalue weighted by Gasteiger charge is -2.38. The quantitative estimate of drug-likeness (QED) is 0.943. The van der Waals surface area contributed by atoms with Crippen LogP contribution in [-0.2, 0) is 0 Å².